The molecule has 0 aliphatic heterocycles. The number of hydrogen-bond acceptors (Lipinski definition) is 0. The zero-order valence-corrected chi connectivity index (χ0v) is 10.3. The van der Waals surface area contributed by atoms with Gasteiger partial charge in [-0.1, -0.05) is 7.43 Å². The molecule has 14 heavy (non-hydrogen) atoms. The molecule has 0 aromatic rings. The van der Waals surface area contributed by atoms with Gasteiger partial charge in [0.15, 0.2) is 0 Å². The molecule has 1 saturated carbocycles. The number of alkyl halides is 6. The van der Waals surface area contributed by atoms with Gasteiger partial charge < -0.3 is 0 Å². The van der Waals surface area contributed by atoms with Crippen LogP contribution in [-0.2, 0) is 0 Å². The van der Waals surface area contributed by atoms with E-state index in [1.54, 1.807) is 0 Å². The zero-order valence-electron chi connectivity index (χ0n) is 5.73. The van der Waals surface area contributed by atoms with E-state index in [0.717, 1.165) is 0 Å². The van der Waals surface area contributed by atoms with Crippen molar-refractivity contribution in [1.82, 2.24) is 0 Å². The molecule has 0 aromatic heterocycles. The summed E-state index contributed by atoms with van der Waals surface area (Å²) in [6.07, 6.45) is 0. The van der Waals surface area contributed by atoms with Gasteiger partial charge in [0.2, 0.25) is 0 Å². The first-order valence-corrected chi connectivity index (χ1v) is 5.93. The summed E-state index contributed by atoms with van der Waals surface area (Å²) in [6, 6.07) is 0. The van der Waals surface area contributed by atoms with E-state index in [1.165, 1.54) is 0 Å². The quantitative estimate of drug-likeness (QED) is 0.464. The van der Waals surface area contributed by atoms with Crippen molar-refractivity contribution >= 4 is 121 Å². The average Bonchev–Trinajstić information content (AvgIpc) is 2.08. The average molecular weight is 347 g/mol. The summed E-state index contributed by atoms with van der Waals surface area (Å²) < 4.78 is 0. The Morgan fingerprint density at radius 3 is 0.571 bits per heavy atom. The van der Waals surface area contributed by atoms with Crippen LogP contribution >= 0.6 is 69.6 Å². The molecule has 0 heterocycles. The second kappa shape index (κ2) is 8.47. The predicted octanol–water partition coefficient (Wildman–Crippen LogP) is 3.63. The molecule has 1 aliphatic carbocycles. The van der Waals surface area contributed by atoms with E-state index in [4.69, 9.17) is 69.6 Å². The summed E-state index contributed by atoms with van der Waals surface area (Å²) >= 11 is 35.3. The van der Waals surface area contributed by atoms with Crippen LogP contribution in [0.15, 0.2) is 0 Å². The molecular formula is C7H11Cl6K. The molecule has 0 amide bonds. The Kier molecular flexibility index (Phi) is 11.9. The Balaban J connectivity index is 0. The van der Waals surface area contributed by atoms with Crippen molar-refractivity contribution in [3.63, 3.8) is 0 Å². The van der Waals surface area contributed by atoms with Crippen LogP contribution in [0, 0.1) is 0 Å². The number of rotatable bonds is 0. The van der Waals surface area contributed by atoms with Crippen molar-refractivity contribution in [2.24, 2.45) is 0 Å². The summed E-state index contributed by atoms with van der Waals surface area (Å²) in [5, 5.41) is -2.62. The van der Waals surface area contributed by atoms with Crippen LogP contribution in [0.3, 0.4) is 0 Å². The molecular weight excluding hydrogens is 336 g/mol. The summed E-state index contributed by atoms with van der Waals surface area (Å²) in [6.45, 7) is 0. The molecule has 0 bridgehead atoms. The van der Waals surface area contributed by atoms with Crippen LogP contribution < -0.4 is 0 Å². The molecule has 82 valence electrons. The Bertz CT molecular complexity index is 110. The Morgan fingerprint density at radius 1 is 0.429 bits per heavy atom. The van der Waals surface area contributed by atoms with E-state index in [0.29, 0.717) is 0 Å². The third kappa shape index (κ3) is 4.24. The molecule has 0 N–H and O–H groups in total. The van der Waals surface area contributed by atoms with Crippen molar-refractivity contribution in [1.29, 1.82) is 0 Å². The van der Waals surface area contributed by atoms with Crippen molar-refractivity contribution in [3.8, 4) is 0 Å². The topological polar surface area (TPSA) is 0 Å². The van der Waals surface area contributed by atoms with Crippen LogP contribution in [0.5, 0.6) is 0 Å². The van der Waals surface area contributed by atoms with Crippen molar-refractivity contribution < 1.29 is 0 Å². The molecule has 7 heteroatoms. The molecule has 1 aliphatic rings. The number of hydrogen-bond donors (Lipinski definition) is 0. The van der Waals surface area contributed by atoms with Crippen molar-refractivity contribution in [3.05, 3.63) is 0 Å². The van der Waals surface area contributed by atoms with Crippen molar-refractivity contribution in [2.75, 3.05) is 0 Å². The van der Waals surface area contributed by atoms with Gasteiger partial charge in [-0.05, 0) is 0 Å². The Labute approximate surface area is 158 Å². The van der Waals surface area contributed by atoms with E-state index in [2.05, 4.69) is 0 Å². The minimum atomic E-state index is -0.437. The third-order valence-electron chi connectivity index (χ3n) is 1.83. The standard InChI is InChI=1S/C6H6Cl6.CH4.K.H/c7-1-2(8)4(10)6(12)5(11)3(1)9;;;/h1-6H;1H4;;/t1-,2-,3-,4+,5+,6+;;;. The maximum atomic E-state index is 5.88. The van der Waals surface area contributed by atoms with Crippen LogP contribution in [0.25, 0.3) is 0 Å². The van der Waals surface area contributed by atoms with Gasteiger partial charge in [-0.3, -0.25) is 0 Å². The number of halogens is 6. The monoisotopic (exact) mass is 344 g/mol. The molecule has 0 spiro atoms. The summed E-state index contributed by atoms with van der Waals surface area (Å²) in [4.78, 5) is 0. The van der Waals surface area contributed by atoms with Gasteiger partial charge in [0.1, 0.15) is 0 Å². The molecule has 0 radical (unpaired) electrons. The van der Waals surface area contributed by atoms with Gasteiger partial charge in [0.05, 0.1) is 32.3 Å². The fourth-order valence-electron chi connectivity index (χ4n) is 1.05. The molecule has 1 rings (SSSR count). The van der Waals surface area contributed by atoms with E-state index >= 15 is 0 Å². The molecule has 0 aromatic carbocycles. The summed E-state index contributed by atoms with van der Waals surface area (Å²) in [5.41, 5.74) is 0. The first kappa shape index (κ1) is 19.7. The van der Waals surface area contributed by atoms with Crippen molar-refractivity contribution in [2.45, 2.75) is 39.7 Å². The molecule has 0 atom stereocenters. The van der Waals surface area contributed by atoms with E-state index < -0.39 is 32.3 Å². The van der Waals surface area contributed by atoms with Gasteiger partial charge in [0.25, 0.3) is 0 Å². The first-order valence-electron chi connectivity index (χ1n) is 3.31. The van der Waals surface area contributed by atoms with Crippen LogP contribution in [0.1, 0.15) is 7.43 Å². The van der Waals surface area contributed by atoms with Gasteiger partial charge in [-0.25, -0.2) is 0 Å². The Morgan fingerprint density at radius 2 is 0.500 bits per heavy atom. The minimum absolute atomic E-state index is 0. The Hall–Kier alpha value is 3.38. The summed E-state index contributed by atoms with van der Waals surface area (Å²) in [7, 11) is 0. The fourth-order valence-corrected chi connectivity index (χ4v) is 3.38. The predicted molar refractivity (Wildman–Crippen MR) is 71.7 cm³/mol. The fraction of sp³-hybridized carbons (Fsp3) is 1.00. The van der Waals surface area contributed by atoms with Crippen LogP contribution in [0.2, 0.25) is 0 Å². The third-order valence-corrected chi connectivity index (χ3v) is 5.86. The van der Waals surface area contributed by atoms with E-state index in [-0.39, 0.29) is 58.8 Å². The zero-order chi connectivity index (χ0) is 9.46. The van der Waals surface area contributed by atoms with Gasteiger partial charge >= 0.3 is 51.4 Å². The second-order valence-electron chi connectivity index (χ2n) is 2.67. The summed E-state index contributed by atoms with van der Waals surface area (Å²) in [5.74, 6) is 0. The second-order valence-corrected chi connectivity index (χ2v) is 5.69. The normalized spacial score (nSPS) is 47.6. The maximum absolute atomic E-state index is 5.88. The molecule has 0 unspecified atom stereocenters. The van der Waals surface area contributed by atoms with Gasteiger partial charge in [-0.15, -0.1) is 69.6 Å². The molecule has 0 saturated heterocycles. The SMILES string of the molecule is C.Cl[C@H]1[C@H](Cl)[C@@H](Cl)[C@@H](Cl)[C@H](Cl)[C@H]1Cl.[KH]. The van der Waals surface area contributed by atoms with Crippen LogP contribution in [-0.4, -0.2) is 83.6 Å². The van der Waals surface area contributed by atoms with E-state index in [1.807, 2.05) is 0 Å². The van der Waals surface area contributed by atoms with Crippen LogP contribution in [0.4, 0.5) is 0 Å². The first-order chi connectivity index (χ1) is 5.46. The molecule has 0 nitrogen and oxygen atoms in total. The van der Waals surface area contributed by atoms with Gasteiger partial charge in [0, 0.05) is 0 Å². The van der Waals surface area contributed by atoms with E-state index in [9.17, 15) is 0 Å². The van der Waals surface area contributed by atoms with Gasteiger partial charge in [-0.2, -0.15) is 0 Å². The molecule has 1 fully saturated rings.